The van der Waals surface area contributed by atoms with Gasteiger partial charge in [-0.25, -0.2) is 9.78 Å². The van der Waals surface area contributed by atoms with Crippen molar-refractivity contribution in [3.63, 3.8) is 0 Å². The van der Waals surface area contributed by atoms with E-state index < -0.39 is 5.97 Å². The smallest absolute Gasteiger partial charge is 0.354 e. The fourth-order valence-corrected chi connectivity index (χ4v) is 2.75. The second-order valence-corrected chi connectivity index (χ2v) is 5.32. The molecule has 20 heavy (non-hydrogen) atoms. The van der Waals surface area contributed by atoms with E-state index in [-0.39, 0.29) is 5.69 Å². The zero-order valence-electron chi connectivity index (χ0n) is 11.5. The average Bonchev–Trinajstić information content (AvgIpc) is 2.88. The lowest BCUT2D eigenvalue weighted by Gasteiger charge is -2.05. The van der Waals surface area contributed by atoms with Crippen LogP contribution in [0.2, 0.25) is 0 Å². The Morgan fingerprint density at radius 2 is 2.20 bits per heavy atom. The Morgan fingerprint density at radius 3 is 2.85 bits per heavy atom. The number of carboxylic acids is 1. The first-order valence-electron chi connectivity index (χ1n) is 6.51. The van der Waals surface area contributed by atoms with Gasteiger partial charge in [-0.2, -0.15) is 5.10 Å². The van der Waals surface area contributed by atoms with Gasteiger partial charge in [-0.1, -0.05) is 6.92 Å². The molecule has 5 nitrogen and oxygen atoms in total. The zero-order chi connectivity index (χ0) is 14.5. The molecule has 2 aromatic heterocycles. The number of aromatic carboxylic acids is 1. The predicted molar refractivity (Wildman–Crippen MR) is 78.0 cm³/mol. The molecule has 0 aliphatic heterocycles. The normalized spacial score (nSPS) is 10.7. The summed E-state index contributed by atoms with van der Waals surface area (Å²) in [6.07, 6.45) is 2.45. The lowest BCUT2D eigenvalue weighted by atomic mass is 10.3. The molecular formula is C14H17N3O2S. The Balaban J connectivity index is 2.10. The molecule has 6 heteroatoms. The minimum Gasteiger partial charge on any atom is -0.477 e. The highest BCUT2D eigenvalue weighted by molar-refractivity contribution is 7.98. The molecule has 0 saturated heterocycles. The van der Waals surface area contributed by atoms with Crippen LogP contribution in [0.5, 0.6) is 0 Å². The van der Waals surface area contributed by atoms with Crippen LogP contribution < -0.4 is 0 Å². The second-order valence-electron chi connectivity index (χ2n) is 4.27. The van der Waals surface area contributed by atoms with Gasteiger partial charge in [0.25, 0.3) is 0 Å². The molecule has 0 saturated carbocycles. The van der Waals surface area contributed by atoms with Crippen molar-refractivity contribution in [1.29, 1.82) is 0 Å². The maximum absolute atomic E-state index is 10.9. The number of hydrogen-bond donors (Lipinski definition) is 1. The van der Waals surface area contributed by atoms with Crippen LogP contribution in [0.1, 0.15) is 35.7 Å². The molecule has 0 aliphatic carbocycles. The number of carbonyl (C=O) groups is 1. The number of aromatic nitrogens is 3. The molecule has 0 aliphatic rings. The number of nitrogens with zero attached hydrogens (tertiary/aromatic N) is 3. The summed E-state index contributed by atoms with van der Waals surface area (Å²) in [4.78, 5) is 15.6. The van der Waals surface area contributed by atoms with Gasteiger partial charge in [0.2, 0.25) is 0 Å². The summed E-state index contributed by atoms with van der Waals surface area (Å²) in [5, 5.41) is 13.4. The number of aryl methyl sites for hydroxylation is 2. The van der Waals surface area contributed by atoms with Crippen molar-refractivity contribution in [2.45, 2.75) is 37.5 Å². The van der Waals surface area contributed by atoms with Crippen LogP contribution in [0.3, 0.4) is 0 Å². The van der Waals surface area contributed by atoms with Gasteiger partial charge in [-0.05, 0) is 31.5 Å². The van der Waals surface area contributed by atoms with Crippen LogP contribution >= 0.6 is 11.8 Å². The lowest BCUT2D eigenvalue weighted by Crippen LogP contribution is -2.02. The molecule has 2 aromatic rings. The van der Waals surface area contributed by atoms with Gasteiger partial charge < -0.3 is 5.11 Å². The standard InChI is InChI=1S/C14H17N3O2S/c1-3-10-7-11(17(4-2)16-10)9-20-12-5-6-15-13(8-12)14(18)19/h5-8H,3-4,9H2,1-2H3,(H,18,19). The van der Waals surface area contributed by atoms with Gasteiger partial charge in [-0.15, -0.1) is 11.8 Å². The summed E-state index contributed by atoms with van der Waals surface area (Å²) in [5.41, 5.74) is 2.32. The summed E-state index contributed by atoms with van der Waals surface area (Å²) in [6.45, 7) is 4.99. The Labute approximate surface area is 122 Å². The first kappa shape index (κ1) is 14.6. The van der Waals surface area contributed by atoms with E-state index in [0.717, 1.165) is 35.0 Å². The van der Waals surface area contributed by atoms with E-state index in [9.17, 15) is 4.79 Å². The Morgan fingerprint density at radius 1 is 1.40 bits per heavy atom. The first-order valence-corrected chi connectivity index (χ1v) is 7.50. The molecule has 1 N–H and O–H groups in total. The minimum absolute atomic E-state index is 0.0771. The van der Waals surface area contributed by atoms with E-state index in [1.807, 2.05) is 10.7 Å². The fraction of sp³-hybridized carbons (Fsp3) is 0.357. The summed E-state index contributed by atoms with van der Waals surface area (Å²) >= 11 is 1.59. The number of hydrogen-bond acceptors (Lipinski definition) is 4. The van der Waals surface area contributed by atoms with Crippen LogP contribution in [-0.4, -0.2) is 25.8 Å². The molecule has 0 fully saturated rings. The summed E-state index contributed by atoms with van der Waals surface area (Å²) in [6, 6.07) is 5.53. The molecule has 0 spiro atoms. The van der Waals surface area contributed by atoms with Gasteiger partial charge in [0.15, 0.2) is 0 Å². The van der Waals surface area contributed by atoms with E-state index in [4.69, 9.17) is 5.11 Å². The predicted octanol–water partition coefficient (Wildman–Crippen LogP) is 2.85. The number of carboxylic acid groups (broad SMARTS) is 1. The SMILES string of the molecule is CCc1cc(CSc2ccnc(C(=O)O)c2)n(CC)n1. The Hall–Kier alpha value is -1.82. The summed E-state index contributed by atoms with van der Waals surface area (Å²) in [5.74, 6) is -0.233. The second kappa shape index (κ2) is 6.56. The molecule has 0 amide bonds. The highest BCUT2D eigenvalue weighted by Gasteiger charge is 2.08. The number of rotatable bonds is 6. The van der Waals surface area contributed by atoms with E-state index in [1.54, 1.807) is 17.8 Å². The third-order valence-corrected chi connectivity index (χ3v) is 3.94. The fourth-order valence-electron chi connectivity index (χ4n) is 1.85. The van der Waals surface area contributed by atoms with Crippen molar-refractivity contribution in [3.8, 4) is 0 Å². The van der Waals surface area contributed by atoms with Gasteiger partial charge in [-0.3, -0.25) is 4.68 Å². The van der Waals surface area contributed by atoms with Crippen molar-refractivity contribution >= 4 is 17.7 Å². The largest absolute Gasteiger partial charge is 0.477 e. The van der Waals surface area contributed by atoms with Gasteiger partial charge in [0.1, 0.15) is 5.69 Å². The molecule has 106 valence electrons. The molecule has 0 atom stereocenters. The topological polar surface area (TPSA) is 68.0 Å². The van der Waals surface area contributed by atoms with Crippen LogP contribution in [0.4, 0.5) is 0 Å². The molecule has 0 bridgehead atoms. The van der Waals surface area contributed by atoms with E-state index in [0.29, 0.717) is 0 Å². The van der Waals surface area contributed by atoms with Crippen LogP contribution in [0, 0.1) is 0 Å². The molecule has 0 unspecified atom stereocenters. The third kappa shape index (κ3) is 3.39. The Bertz CT molecular complexity index is 610. The van der Waals surface area contributed by atoms with Crippen LogP contribution in [0.15, 0.2) is 29.3 Å². The van der Waals surface area contributed by atoms with Crippen molar-refractivity contribution < 1.29 is 9.90 Å². The average molecular weight is 291 g/mol. The summed E-state index contributed by atoms with van der Waals surface area (Å²) in [7, 11) is 0. The van der Waals surface area contributed by atoms with Gasteiger partial charge in [0.05, 0.1) is 5.69 Å². The van der Waals surface area contributed by atoms with Gasteiger partial charge >= 0.3 is 5.97 Å². The maximum Gasteiger partial charge on any atom is 0.354 e. The Kier molecular flexibility index (Phi) is 4.79. The number of pyridine rings is 1. The van der Waals surface area contributed by atoms with E-state index in [2.05, 4.69) is 30.0 Å². The van der Waals surface area contributed by atoms with E-state index >= 15 is 0 Å². The molecule has 0 aromatic carbocycles. The maximum atomic E-state index is 10.9. The minimum atomic E-state index is -1.00. The summed E-state index contributed by atoms with van der Waals surface area (Å²) < 4.78 is 1.99. The molecule has 0 radical (unpaired) electrons. The lowest BCUT2D eigenvalue weighted by molar-refractivity contribution is 0.0690. The monoisotopic (exact) mass is 291 g/mol. The highest BCUT2D eigenvalue weighted by atomic mass is 32.2. The van der Waals surface area contributed by atoms with Crippen molar-refractivity contribution in [1.82, 2.24) is 14.8 Å². The quantitative estimate of drug-likeness (QED) is 0.829. The first-order chi connectivity index (χ1) is 9.63. The molecule has 2 heterocycles. The van der Waals surface area contributed by atoms with E-state index in [1.165, 1.54) is 6.20 Å². The highest BCUT2D eigenvalue weighted by Crippen LogP contribution is 2.23. The third-order valence-electron chi connectivity index (χ3n) is 2.91. The van der Waals surface area contributed by atoms with Crippen LogP contribution in [-0.2, 0) is 18.7 Å². The van der Waals surface area contributed by atoms with Crippen molar-refractivity contribution in [2.24, 2.45) is 0 Å². The zero-order valence-corrected chi connectivity index (χ0v) is 12.4. The van der Waals surface area contributed by atoms with Crippen molar-refractivity contribution in [3.05, 3.63) is 41.5 Å². The number of thioether (sulfide) groups is 1. The van der Waals surface area contributed by atoms with Gasteiger partial charge in [0, 0.05) is 29.1 Å². The molecular weight excluding hydrogens is 274 g/mol. The van der Waals surface area contributed by atoms with Crippen molar-refractivity contribution in [2.75, 3.05) is 0 Å². The van der Waals surface area contributed by atoms with Crippen LogP contribution in [0.25, 0.3) is 0 Å². The molecule has 2 rings (SSSR count).